The van der Waals surface area contributed by atoms with Crippen LogP contribution in [0.1, 0.15) is 51.7 Å². The molecule has 35 heavy (non-hydrogen) atoms. The summed E-state index contributed by atoms with van der Waals surface area (Å²) in [4.78, 5) is 40.5. The summed E-state index contributed by atoms with van der Waals surface area (Å²) >= 11 is 0. The highest BCUT2D eigenvalue weighted by molar-refractivity contribution is 6.00. The fraction of sp³-hybridized carbons (Fsp3) is 0.444. The molecule has 0 saturated carbocycles. The van der Waals surface area contributed by atoms with Crippen molar-refractivity contribution >= 4 is 24.0 Å². The second kappa shape index (κ2) is 12.9. The number of rotatable bonds is 10. The number of allylic oxidation sites excluding steroid dienone is 1. The first kappa shape index (κ1) is 27.9. The van der Waals surface area contributed by atoms with Crippen LogP contribution >= 0.6 is 0 Å². The quantitative estimate of drug-likeness (QED) is 0.306. The van der Waals surface area contributed by atoms with Gasteiger partial charge in [0.1, 0.15) is 0 Å². The molecule has 1 aliphatic rings. The van der Waals surface area contributed by atoms with Crippen LogP contribution in [0, 0.1) is 0 Å². The molecule has 1 atom stereocenters. The lowest BCUT2D eigenvalue weighted by Crippen LogP contribution is -2.37. The van der Waals surface area contributed by atoms with E-state index in [1.165, 1.54) is 6.08 Å². The Morgan fingerprint density at radius 3 is 2.20 bits per heavy atom. The normalized spacial score (nSPS) is 16.1. The number of carbonyl (C=O) groups is 3. The second-order valence-electron chi connectivity index (χ2n) is 8.62. The molecule has 0 bridgehead atoms. The first-order chi connectivity index (χ1) is 16.6. The molecule has 0 spiro atoms. The van der Waals surface area contributed by atoms with Crippen molar-refractivity contribution in [3.05, 3.63) is 64.0 Å². The minimum absolute atomic E-state index is 0.185. The second-order valence-corrected chi connectivity index (χ2v) is 8.62. The standard InChI is InChI=1S/C27H36N2O6/c1-8-33-26(31)23-18(5)28-21(16-29(6)7)25(27(32)34-9-2)24(23)20-13-11-10-12-19(20)14-15-22(30)35-17(3)4/h10-15,17,24,28H,8-9,16H2,1-7H3/b15-14+/t24-/m0/s1. The lowest BCUT2D eigenvalue weighted by Gasteiger charge is -2.33. The van der Waals surface area contributed by atoms with E-state index in [9.17, 15) is 14.4 Å². The molecule has 1 aromatic rings. The molecule has 0 fully saturated rings. The lowest BCUT2D eigenvalue weighted by molar-refractivity contribution is -0.142. The van der Waals surface area contributed by atoms with Crippen molar-refractivity contribution in [2.75, 3.05) is 33.9 Å². The van der Waals surface area contributed by atoms with Crippen LogP contribution in [0.5, 0.6) is 0 Å². The Kier molecular flexibility index (Phi) is 10.3. The summed E-state index contributed by atoms with van der Waals surface area (Å²) in [6.45, 7) is 9.60. The molecule has 8 heteroatoms. The topological polar surface area (TPSA) is 94.2 Å². The molecule has 0 aromatic heterocycles. The van der Waals surface area contributed by atoms with Gasteiger partial charge in [0, 0.05) is 24.0 Å². The third-order valence-corrected chi connectivity index (χ3v) is 5.17. The Morgan fingerprint density at radius 1 is 1.03 bits per heavy atom. The number of ether oxygens (including phenoxy) is 3. The first-order valence-corrected chi connectivity index (χ1v) is 11.8. The van der Waals surface area contributed by atoms with E-state index in [1.54, 1.807) is 40.7 Å². The molecular formula is C27H36N2O6. The number of nitrogens with one attached hydrogen (secondary N) is 1. The van der Waals surface area contributed by atoms with Crippen LogP contribution in [0.15, 0.2) is 52.9 Å². The van der Waals surface area contributed by atoms with E-state index in [0.717, 1.165) is 0 Å². The molecule has 8 nitrogen and oxygen atoms in total. The Bertz CT molecular complexity index is 1040. The summed E-state index contributed by atoms with van der Waals surface area (Å²) in [5.74, 6) is -2.28. The van der Waals surface area contributed by atoms with Gasteiger partial charge >= 0.3 is 17.9 Å². The van der Waals surface area contributed by atoms with E-state index in [1.807, 2.05) is 43.3 Å². The number of nitrogens with zero attached hydrogens (tertiary/aromatic N) is 1. The van der Waals surface area contributed by atoms with Gasteiger partial charge in [-0.3, -0.25) is 0 Å². The van der Waals surface area contributed by atoms with E-state index < -0.39 is 23.8 Å². The van der Waals surface area contributed by atoms with Crippen LogP contribution in [-0.4, -0.2) is 62.8 Å². The van der Waals surface area contributed by atoms with Crippen LogP contribution in [0.4, 0.5) is 0 Å². The molecule has 190 valence electrons. The maximum atomic E-state index is 13.3. The summed E-state index contributed by atoms with van der Waals surface area (Å²) in [5, 5.41) is 3.24. The predicted molar refractivity (Wildman–Crippen MR) is 134 cm³/mol. The SMILES string of the molecule is CCOC(=O)C1=C(C)NC(CN(C)C)=C(C(=O)OCC)[C@H]1c1ccccc1/C=C/C(=O)OC(C)C. The summed E-state index contributed by atoms with van der Waals surface area (Å²) in [6, 6.07) is 7.31. The average molecular weight is 485 g/mol. The van der Waals surface area contributed by atoms with Crippen molar-refractivity contribution in [3.8, 4) is 0 Å². The van der Waals surface area contributed by atoms with Crippen molar-refractivity contribution in [2.45, 2.75) is 46.6 Å². The maximum absolute atomic E-state index is 13.3. The highest BCUT2D eigenvalue weighted by Crippen LogP contribution is 2.41. The van der Waals surface area contributed by atoms with E-state index in [4.69, 9.17) is 14.2 Å². The first-order valence-electron chi connectivity index (χ1n) is 11.8. The molecular weight excluding hydrogens is 448 g/mol. The zero-order valence-corrected chi connectivity index (χ0v) is 21.6. The highest BCUT2D eigenvalue weighted by atomic mass is 16.5. The van der Waals surface area contributed by atoms with Gasteiger partial charge in [-0.25, -0.2) is 14.4 Å². The molecule has 0 unspecified atom stereocenters. The molecule has 2 rings (SSSR count). The lowest BCUT2D eigenvalue weighted by atomic mass is 9.78. The fourth-order valence-corrected chi connectivity index (χ4v) is 3.93. The smallest absolute Gasteiger partial charge is 0.336 e. The fourth-order valence-electron chi connectivity index (χ4n) is 3.93. The van der Waals surface area contributed by atoms with E-state index in [-0.39, 0.29) is 19.3 Å². The van der Waals surface area contributed by atoms with Gasteiger partial charge in [0.2, 0.25) is 0 Å². The largest absolute Gasteiger partial charge is 0.463 e. The van der Waals surface area contributed by atoms with Crippen LogP contribution in [0.25, 0.3) is 6.08 Å². The number of hydrogen-bond donors (Lipinski definition) is 1. The minimum Gasteiger partial charge on any atom is -0.463 e. The summed E-state index contributed by atoms with van der Waals surface area (Å²) in [7, 11) is 3.78. The third kappa shape index (κ3) is 7.29. The summed E-state index contributed by atoms with van der Waals surface area (Å²) in [5.41, 5.74) is 3.23. The van der Waals surface area contributed by atoms with E-state index in [2.05, 4.69) is 5.32 Å². The van der Waals surface area contributed by atoms with Crippen molar-refractivity contribution in [1.82, 2.24) is 10.2 Å². The highest BCUT2D eigenvalue weighted by Gasteiger charge is 2.39. The van der Waals surface area contributed by atoms with Gasteiger partial charge in [-0.1, -0.05) is 24.3 Å². The molecule has 0 saturated heterocycles. The molecule has 1 aromatic carbocycles. The Morgan fingerprint density at radius 2 is 1.63 bits per heavy atom. The van der Waals surface area contributed by atoms with Gasteiger partial charge in [0.25, 0.3) is 0 Å². The van der Waals surface area contributed by atoms with Crippen LogP contribution in [0.3, 0.4) is 0 Å². The van der Waals surface area contributed by atoms with Crippen LogP contribution in [-0.2, 0) is 28.6 Å². The zero-order chi connectivity index (χ0) is 26.1. The number of hydrogen-bond acceptors (Lipinski definition) is 8. The van der Waals surface area contributed by atoms with Gasteiger partial charge in [0.05, 0.1) is 36.4 Å². The Hall–Kier alpha value is -3.39. The van der Waals surface area contributed by atoms with Gasteiger partial charge in [0.15, 0.2) is 0 Å². The third-order valence-electron chi connectivity index (χ3n) is 5.17. The van der Waals surface area contributed by atoms with Crippen LogP contribution in [0.2, 0.25) is 0 Å². The average Bonchev–Trinajstić information content (AvgIpc) is 2.76. The molecule has 1 aliphatic heterocycles. The number of likely N-dealkylation sites (N-methyl/N-ethyl adjacent to an activating group) is 1. The number of dihydropyridines is 1. The molecule has 0 amide bonds. The Labute approximate surface area is 207 Å². The maximum Gasteiger partial charge on any atom is 0.336 e. The molecule has 0 radical (unpaired) electrons. The number of esters is 3. The van der Waals surface area contributed by atoms with Crippen molar-refractivity contribution in [1.29, 1.82) is 0 Å². The van der Waals surface area contributed by atoms with E-state index in [0.29, 0.717) is 40.2 Å². The summed E-state index contributed by atoms with van der Waals surface area (Å²) < 4.78 is 16.0. The molecule has 1 heterocycles. The van der Waals surface area contributed by atoms with Crippen molar-refractivity contribution in [3.63, 3.8) is 0 Å². The molecule has 0 aliphatic carbocycles. The van der Waals surface area contributed by atoms with Gasteiger partial charge in [-0.15, -0.1) is 0 Å². The summed E-state index contributed by atoms with van der Waals surface area (Å²) in [6.07, 6.45) is 2.73. The van der Waals surface area contributed by atoms with Crippen molar-refractivity contribution in [2.24, 2.45) is 0 Å². The van der Waals surface area contributed by atoms with Gasteiger partial charge < -0.3 is 24.4 Å². The predicted octanol–water partition coefficient (Wildman–Crippen LogP) is 3.55. The monoisotopic (exact) mass is 484 g/mol. The van der Waals surface area contributed by atoms with Crippen molar-refractivity contribution < 1.29 is 28.6 Å². The Balaban J connectivity index is 2.76. The number of benzene rings is 1. The number of carbonyl (C=O) groups excluding carboxylic acids is 3. The van der Waals surface area contributed by atoms with Gasteiger partial charge in [-0.2, -0.15) is 0 Å². The van der Waals surface area contributed by atoms with Crippen LogP contribution < -0.4 is 5.32 Å². The minimum atomic E-state index is -0.758. The van der Waals surface area contributed by atoms with Gasteiger partial charge in [-0.05, 0) is 65.9 Å². The molecule has 1 N–H and O–H groups in total. The van der Waals surface area contributed by atoms with E-state index >= 15 is 0 Å². The zero-order valence-electron chi connectivity index (χ0n) is 21.6.